The monoisotopic (exact) mass is 321 g/mol. The Kier molecular flexibility index (Phi) is 5.37. The lowest BCUT2D eigenvalue weighted by Gasteiger charge is -2.35. The minimum atomic E-state index is -0.354. The first-order valence-electron chi connectivity index (χ1n) is 7.38. The van der Waals surface area contributed by atoms with Gasteiger partial charge in [0.1, 0.15) is 0 Å². The quantitative estimate of drug-likeness (QED) is 0.782. The van der Waals surface area contributed by atoms with E-state index >= 15 is 0 Å². The lowest BCUT2D eigenvalue weighted by molar-refractivity contribution is -0.117. The number of carbonyl (C=O) groups is 2. The highest BCUT2D eigenvalue weighted by Crippen LogP contribution is 2.41. The molecule has 1 aliphatic carbocycles. The number of aryl methyl sites for hydroxylation is 1. The van der Waals surface area contributed by atoms with E-state index in [1.165, 1.54) is 11.3 Å². The van der Waals surface area contributed by atoms with Crippen LogP contribution in [0.1, 0.15) is 38.9 Å². The van der Waals surface area contributed by atoms with Crippen LogP contribution in [0.4, 0.5) is 0 Å². The molecule has 5 nitrogen and oxygen atoms in total. The van der Waals surface area contributed by atoms with Gasteiger partial charge in [-0.1, -0.05) is 6.08 Å². The maximum Gasteiger partial charge on any atom is 0.259 e. The average Bonchev–Trinajstić information content (AvgIpc) is 2.74. The summed E-state index contributed by atoms with van der Waals surface area (Å²) in [6.45, 7) is 2.73. The molecule has 0 aliphatic heterocycles. The van der Waals surface area contributed by atoms with Crippen LogP contribution in [0.15, 0.2) is 18.2 Å². The molecule has 0 aromatic carbocycles. The van der Waals surface area contributed by atoms with Gasteiger partial charge in [-0.2, -0.15) is 0 Å². The highest BCUT2D eigenvalue weighted by Gasteiger charge is 2.34. The van der Waals surface area contributed by atoms with Crippen LogP contribution < -0.4 is 11.1 Å². The van der Waals surface area contributed by atoms with E-state index in [1.54, 1.807) is 6.08 Å². The molecule has 1 aromatic heterocycles. The van der Waals surface area contributed by atoms with Crippen LogP contribution in [0, 0.1) is 6.92 Å². The molecule has 6 heteroatoms. The van der Waals surface area contributed by atoms with Crippen LogP contribution in [0.2, 0.25) is 0 Å². The highest BCUT2D eigenvalue weighted by molar-refractivity contribution is 7.14. The molecule has 0 bridgehead atoms. The van der Waals surface area contributed by atoms with Gasteiger partial charge < -0.3 is 16.0 Å². The van der Waals surface area contributed by atoms with Crippen molar-refractivity contribution >= 4 is 23.2 Å². The van der Waals surface area contributed by atoms with E-state index in [1.807, 2.05) is 38.1 Å². The van der Waals surface area contributed by atoms with Gasteiger partial charge in [-0.05, 0) is 51.4 Å². The molecular weight excluding hydrogens is 298 g/mol. The number of rotatable bonds is 6. The molecule has 1 fully saturated rings. The predicted octanol–water partition coefficient (Wildman–Crippen LogP) is 1.64. The molecule has 0 saturated heterocycles. The highest BCUT2D eigenvalue weighted by atomic mass is 32.1. The van der Waals surface area contributed by atoms with Crippen LogP contribution in [0.25, 0.3) is 0 Å². The van der Waals surface area contributed by atoms with Crippen LogP contribution in [0.3, 0.4) is 0 Å². The number of hydrogen-bond acceptors (Lipinski definition) is 4. The second kappa shape index (κ2) is 7.07. The van der Waals surface area contributed by atoms with Crippen molar-refractivity contribution in [2.45, 2.75) is 31.7 Å². The van der Waals surface area contributed by atoms with Gasteiger partial charge in [0.2, 0.25) is 5.91 Å². The molecule has 22 heavy (non-hydrogen) atoms. The predicted molar refractivity (Wildman–Crippen MR) is 89.2 cm³/mol. The summed E-state index contributed by atoms with van der Waals surface area (Å²) in [5, 5.41) is 2.99. The molecule has 0 atom stereocenters. The SMILES string of the molecule is Cc1cc(C2CC(NC(=O)C=CCN(C)C)C2)c(C(N)=O)s1. The summed E-state index contributed by atoms with van der Waals surface area (Å²) >= 11 is 1.45. The van der Waals surface area contributed by atoms with Crippen molar-refractivity contribution in [2.75, 3.05) is 20.6 Å². The van der Waals surface area contributed by atoms with Crippen molar-refractivity contribution in [3.8, 4) is 0 Å². The summed E-state index contributed by atoms with van der Waals surface area (Å²) in [4.78, 5) is 27.0. The molecule has 0 radical (unpaired) electrons. The van der Waals surface area contributed by atoms with Gasteiger partial charge in [0, 0.05) is 23.5 Å². The zero-order valence-electron chi connectivity index (χ0n) is 13.3. The van der Waals surface area contributed by atoms with Crippen LogP contribution in [-0.4, -0.2) is 43.4 Å². The minimum absolute atomic E-state index is 0.0538. The standard InChI is InChI=1S/C16H23N3O2S/c1-10-7-13(15(22-10)16(17)21)11-8-12(9-11)18-14(20)5-4-6-19(2)3/h4-5,7,11-12H,6,8-9H2,1-3H3,(H2,17,21)(H,18,20). The minimum Gasteiger partial charge on any atom is -0.365 e. The van der Waals surface area contributed by atoms with Gasteiger partial charge in [0.05, 0.1) is 4.88 Å². The fraction of sp³-hybridized carbons (Fsp3) is 0.500. The summed E-state index contributed by atoms with van der Waals surface area (Å²) in [5.74, 6) is -0.0855. The lowest BCUT2D eigenvalue weighted by Crippen LogP contribution is -2.43. The number of carbonyl (C=O) groups excluding carboxylic acids is 2. The molecule has 0 unspecified atom stereocenters. The van der Waals surface area contributed by atoms with Crippen molar-refractivity contribution < 1.29 is 9.59 Å². The largest absolute Gasteiger partial charge is 0.365 e. The second-order valence-electron chi connectivity index (χ2n) is 6.04. The Morgan fingerprint density at radius 1 is 1.45 bits per heavy atom. The molecule has 1 saturated carbocycles. The Balaban J connectivity index is 1.84. The Morgan fingerprint density at radius 2 is 2.14 bits per heavy atom. The van der Waals surface area contributed by atoms with Crippen LogP contribution >= 0.6 is 11.3 Å². The number of amides is 2. The molecule has 3 N–H and O–H groups in total. The van der Waals surface area contributed by atoms with Gasteiger partial charge in [0.25, 0.3) is 5.91 Å². The molecule has 1 aliphatic rings. The summed E-state index contributed by atoms with van der Waals surface area (Å²) in [6.07, 6.45) is 5.16. The van der Waals surface area contributed by atoms with E-state index in [9.17, 15) is 9.59 Å². The van der Waals surface area contributed by atoms with E-state index in [0.29, 0.717) is 10.8 Å². The van der Waals surface area contributed by atoms with Gasteiger partial charge in [-0.25, -0.2) is 0 Å². The first-order chi connectivity index (χ1) is 10.4. The molecule has 120 valence electrons. The topological polar surface area (TPSA) is 75.4 Å². The van der Waals surface area contributed by atoms with Gasteiger partial charge in [0.15, 0.2) is 0 Å². The van der Waals surface area contributed by atoms with E-state index in [2.05, 4.69) is 5.32 Å². The summed E-state index contributed by atoms with van der Waals surface area (Å²) in [5.41, 5.74) is 6.47. The van der Waals surface area contributed by atoms with Crippen LogP contribution in [-0.2, 0) is 4.79 Å². The maximum absolute atomic E-state index is 11.8. The fourth-order valence-electron chi connectivity index (χ4n) is 2.64. The van der Waals surface area contributed by atoms with Crippen LogP contribution in [0.5, 0.6) is 0 Å². The summed E-state index contributed by atoms with van der Waals surface area (Å²) < 4.78 is 0. The van der Waals surface area contributed by atoms with Crippen molar-refractivity contribution in [2.24, 2.45) is 5.73 Å². The third-order valence-electron chi connectivity index (χ3n) is 3.77. The third kappa shape index (κ3) is 4.18. The Morgan fingerprint density at radius 3 is 2.73 bits per heavy atom. The van der Waals surface area contributed by atoms with E-state index in [-0.39, 0.29) is 17.9 Å². The molecule has 0 spiro atoms. The van der Waals surface area contributed by atoms with Crippen molar-refractivity contribution in [3.05, 3.63) is 33.5 Å². The molecule has 1 heterocycles. The maximum atomic E-state index is 11.8. The number of primary amides is 1. The molecule has 1 aromatic rings. The fourth-order valence-corrected chi connectivity index (χ4v) is 3.59. The van der Waals surface area contributed by atoms with Gasteiger partial charge in [-0.15, -0.1) is 11.3 Å². The number of nitrogens with zero attached hydrogens (tertiary/aromatic N) is 1. The van der Waals surface area contributed by atoms with Crippen molar-refractivity contribution in [1.29, 1.82) is 0 Å². The first kappa shape index (κ1) is 16.7. The average molecular weight is 321 g/mol. The number of thiophene rings is 1. The smallest absolute Gasteiger partial charge is 0.259 e. The molecule has 2 rings (SSSR count). The Bertz CT molecular complexity index is 586. The number of nitrogens with one attached hydrogen (secondary N) is 1. The van der Waals surface area contributed by atoms with Crippen molar-refractivity contribution in [1.82, 2.24) is 10.2 Å². The van der Waals surface area contributed by atoms with E-state index in [4.69, 9.17) is 5.73 Å². The normalized spacial score (nSPS) is 21.1. The van der Waals surface area contributed by atoms with Crippen molar-refractivity contribution in [3.63, 3.8) is 0 Å². The second-order valence-corrected chi connectivity index (χ2v) is 7.30. The Hall–Kier alpha value is -1.66. The van der Waals surface area contributed by atoms with Gasteiger partial charge in [-0.3, -0.25) is 9.59 Å². The molecule has 2 amide bonds. The number of nitrogens with two attached hydrogens (primary N) is 1. The van der Waals surface area contributed by atoms with E-state index in [0.717, 1.165) is 29.8 Å². The number of hydrogen-bond donors (Lipinski definition) is 2. The zero-order chi connectivity index (χ0) is 16.3. The molecular formula is C16H23N3O2S. The lowest BCUT2D eigenvalue weighted by atomic mass is 9.75. The summed E-state index contributed by atoms with van der Waals surface area (Å²) in [7, 11) is 3.91. The number of likely N-dealkylation sites (N-methyl/N-ethyl adjacent to an activating group) is 1. The third-order valence-corrected chi connectivity index (χ3v) is 4.85. The summed E-state index contributed by atoms with van der Waals surface area (Å²) in [6, 6.07) is 2.23. The van der Waals surface area contributed by atoms with E-state index < -0.39 is 0 Å². The zero-order valence-corrected chi connectivity index (χ0v) is 14.1. The first-order valence-corrected chi connectivity index (χ1v) is 8.20. The van der Waals surface area contributed by atoms with Gasteiger partial charge >= 0.3 is 0 Å². The Labute approximate surface area is 135 Å².